The minimum absolute atomic E-state index is 0.225. The smallest absolute Gasteiger partial charge is 0.254 e. The van der Waals surface area contributed by atoms with Crippen LogP contribution >= 0.6 is 39.1 Å². The number of amides is 1. The lowest BCUT2D eigenvalue weighted by molar-refractivity contribution is -0.120. The molecule has 0 aliphatic carbocycles. The fourth-order valence-electron chi connectivity index (χ4n) is 2.03. The Labute approximate surface area is 174 Å². The van der Waals surface area contributed by atoms with E-state index in [1.807, 2.05) is 0 Å². The van der Waals surface area contributed by atoms with Crippen molar-refractivity contribution in [3.8, 4) is 17.6 Å². The second kappa shape index (κ2) is 10.2. The second-order valence-electron chi connectivity index (χ2n) is 5.19. The topological polar surface area (TPSA) is 83.7 Å². The van der Waals surface area contributed by atoms with Crippen LogP contribution in [0.4, 0.5) is 0 Å². The van der Waals surface area contributed by atoms with Crippen molar-refractivity contribution >= 4 is 51.3 Å². The number of hydrogen-bond acceptors (Lipinski definition) is 5. The molecule has 2 aromatic carbocycles. The Hall–Kier alpha value is -2.27. The largest absolute Gasteiger partial charge is 0.493 e. The maximum atomic E-state index is 11.2. The minimum Gasteiger partial charge on any atom is -0.493 e. The van der Waals surface area contributed by atoms with Crippen LogP contribution in [0.25, 0.3) is 0 Å². The number of hydrogen-bond donors (Lipinski definition) is 1. The van der Waals surface area contributed by atoms with Crippen molar-refractivity contribution in [2.24, 2.45) is 5.10 Å². The summed E-state index contributed by atoms with van der Waals surface area (Å²) < 4.78 is 11.9. The monoisotopic (exact) mass is 469 g/mol. The molecule has 0 unspecified atom stereocenters. The Balaban J connectivity index is 2.14. The van der Waals surface area contributed by atoms with E-state index >= 15 is 0 Å². The Kier molecular flexibility index (Phi) is 7.92. The molecule has 0 saturated carbocycles. The number of nitrogens with zero attached hydrogens (tertiary/aromatic N) is 2. The highest BCUT2D eigenvalue weighted by molar-refractivity contribution is 9.10. The summed E-state index contributed by atoms with van der Waals surface area (Å²) in [7, 11) is 1.51. The van der Waals surface area contributed by atoms with Crippen LogP contribution in [0.2, 0.25) is 10.0 Å². The van der Waals surface area contributed by atoms with Gasteiger partial charge >= 0.3 is 0 Å². The number of nitrogens with one attached hydrogen (secondary N) is 1. The van der Waals surface area contributed by atoms with Crippen molar-refractivity contribution in [2.45, 2.75) is 13.0 Å². The van der Waals surface area contributed by atoms with Crippen LogP contribution in [0.1, 0.15) is 17.5 Å². The molecule has 0 aliphatic heterocycles. The highest BCUT2D eigenvalue weighted by atomic mass is 79.9. The van der Waals surface area contributed by atoms with Gasteiger partial charge in [0.1, 0.15) is 13.0 Å². The first kappa shape index (κ1) is 21.0. The van der Waals surface area contributed by atoms with Gasteiger partial charge in [0, 0.05) is 15.6 Å². The molecule has 0 heterocycles. The van der Waals surface area contributed by atoms with Gasteiger partial charge in [-0.05, 0) is 45.8 Å². The first-order valence-corrected chi connectivity index (χ1v) is 9.12. The van der Waals surface area contributed by atoms with Crippen LogP contribution in [0.3, 0.4) is 0 Å². The van der Waals surface area contributed by atoms with Gasteiger partial charge in [-0.2, -0.15) is 10.4 Å². The average Bonchev–Trinajstić information content (AvgIpc) is 2.62. The summed E-state index contributed by atoms with van der Waals surface area (Å²) in [5, 5.41) is 13.3. The fourth-order valence-corrected chi connectivity index (χ4v) is 3.07. The molecule has 0 aromatic heterocycles. The molecule has 1 N–H and O–H groups in total. The van der Waals surface area contributed by atoms with Gasteiger partial charge in [-0.1, -0.05) is 29.3 Å². The second-order valence-corrected chi connectivity index (χ2v) is 6.88. The molecule has 1 amide bonds. The molecule has 0 spiro atoms. The van der Waals surface area contributed by atoms with Gasteiger partial charge in [-0.15, -0.1) is 0 Å². The Morgan fingerprint density at radius 2 is 2.15 bits per heavy atom. The third-order valence-electron chi connectivity index (χ3n) is 3.28. The summed E-state index contributed by atoms with van der Waals surface area (Å²) in [6.07, 6.45) is 1.17. The summed E-state index contributed by atoms with van der Waals surface area (Å²) in [4.78, 5) is 11.2. The van der Waals surface area contributed by atoms with E-state index in [0.29, 0.717) is 31.6 Å². The van der Waals surface area contributed by atoms with Crippen molar-refractivity contribution in [1.82, 2.24) is 5.43 Å². The number of benzene rings is 2. The lowest BCUT2D eigenvalue weighted by atomic mass is 10.2. The molecule has 27 heavy (non-hydrogen) atoms. The SMILES string of the molecule is COc1cc(/C=N/NC(=O)CC#N)cc(Br)c1OCc1ccc(Cl)cc1Cl. The lowest BCUT2D eigenvalue weighted by Gasteiger charge is -2.14. The van der Waals surface area contributed by atoms with Crippen LogP contribution in [-0.2, 0) is 11.4 Å². The molecule has 9 heteroatoms. The number of rotatable bonds is 7. The third-order valence-corrected chi connectivity index (χ3v) is 4.46. The van der Waals surface area contributed by atoms with Crippen molar-refractivity contribution in [3.63, 3.8) is 0 Å². The molecule has 0 atom stereocenters. The first-order chi connectivity index (χ1) is 12.9. The van der Waals surface area contributed by atoms with E-state index in [0.717, 1.165) is 5.56 Å². The van der Waals surface area contributed by atoms with E-state index in [-0.39, 0.29) is 13.0 Å². The van der Waals surface area contributed by atoms with Crippen LogP contribution in [0.5, 0.6) is 11.5 Å². The molecule has 2 aromatic rings. The van der Waals surface area contributed by atoms with Gasteiger partial charge in [0.2, 0.25) is 0 Å². The summed E-state index contributed by atoms with van der Waals surface area (Å²) in [6, 6.07) is 10.4. The number of methoxy groups -OCH3 is 1. The van der Waals surface area contributed by atoms with Gasteiger partial charge in [-0.25, -0.2) is 5.43 Å². The maximum Gasteiger partial charge on any atom is 0.254 e. The highest BCUT2D eigenvalue weighted by Crippen LogP contribution is 2.37. The Morgan fingerprint density at radius 1 is 1.37 bits per heavy atom. The molecule has 0 saturated heterocycles. The lowest BCUT2D eigenvalue weighted by Crippen LogP contribution is -2.16. The van der Waals surface area contributed by atoms with E-state index in [4.69, 9.17) is 37.9 Å². The molecule has 2 rings (SSSR count). The molecule has 6 nitrogen and oxygen atoms in total. The summed E-state index contributed by atoms with van der Waals surface area (Å²) in [6.45, 7) is 0.225. The molecule has 0 bridgehead atoms. The van der Waals surface area contributed by atoms with Crippen LogP contribution in [0, 0.1) is 11.3 Å². The quantitative estimate of drug-likeness (QED) is 0.469. The standard InChI is InChI=1S/C18H14BrCl2N3O3/c1-26-16-7-11(9-23-24-17(25)4-5-22)6-14(19)18(16)27-10-12-2-3-13(20)8-15(12)21/h2-3,6-9H,4,10H2,1H3,(H,24,25)/b23-9+. The van der Waals surface area contributed by atoms with Crippen molar-refractivity contribution < 1.29 is 14.3 Å². The summed E-state index contributed by atoms with van der Waals surface area (Å²) in [5.41, 5.74) is 3.69. The average molecular weight is 471 g/mol. The Morgan fingerprint density at radius 3 is 2.81 bits per heavy atom. The van der Waals surface area contributed by atoms with Crippen molar-refractivity contribution in [3.05, 3.63) is 56.0 Å². The predicted molar refractivity (Wildman–Crippen MR) is 107 cm³/mol. The van der Waals surface area contributed by atoms with Gasteiger partial charge in [-0.3, -0.25) is 4.79 Å². The number of carbonyl (C=O) groups excluding carboxylic acids is 1. The zero-order valence-corrected chi connectivity index (χ0v) is 17.2. The zero-order valence-electron chi connectivity index (χ0n) is 14.1. The molecule has 140 valence electrons. The van der Waals surface area contributed by atoms with Crippen molar-refractivity contribution in [1.29, 1.82) is 5.26 Å². The van der Waals surface area contributed by atoms with Crippen molar-refractivity contribution in [2.75, 3.05) is 7.11 Å². The minimum atomic E-state index is -0.487. The number of hydrazone groups is 1. The Bertz CT molecular complexity index is 913. The predicted octanol–water partition coefficient (Wildman–Crippen LogP) is 4.71. The number of carbonyl (C=O) groups is 1. The third kappa shape index (κ3) is 6.14. The normalized spacial score (nSPS) is 10.5. The van der Waals surface area contributed by atoms with Gasteiger partial charge in [0.05, 0.1) is 23.9 Å². The fraction of sp³-hybridized carbons (Fsp3) is 0.167. The van der Waals surface area contributed by atoms with Crippen LogP contribution in [-0.4, -0.2) is 19.2 Å². The van der Waals surface area contributed by atoms with Gasteiger partial charge in [0.15, 0.2) is 11.5 Å². The van der Waals surface area contributed by atoms with E-state index < -0.39 is 5.91 Å². The van der Waals surface area contributed by atoms with Gasteiger partial charge in [0.25, 0.3) is 5.91 Å². The summed E-state index contributed by atoms with van der Waals surface area (Å²) >= 11 is 15.5. The molecule has 0 radical (unpaired) electrons. The van der Waals surface area contributed by atoms with Crippen LogP contribution < -0.4 is 14.9 Å². The van der Waals surface area contributed by atoms with E-state index in [9.17, 15) is 4.79 Å². The number of ether oxygens (including phenoxy) is 2. The maximum absolute atomic E-state index is 11.2. The molecular weight excluding hydrogens is 457 g/mol. The van der Waals surface area contributed by atoms with E-state index in [1.165, 1.54) is 13.3 Å². The molecule has 0 fully saturated rings. The van der Waals surface area contributed by atoms with Gasteiger partial charge < -0.3 is 9.47 Å². The molecular formula is C18H14BrCl2N3O3. The highest BCUT2D eigenvalue weighted by Gasteiger charge is 2.12. The number of halogens is 3. The number of nitriles is 1. The first-order valence-electron chi connectivity index (χ1n) is 7.57. The zero-order chi connectivity index (χ0) is 19.8. The van der Waals surface area contributed by atoms with Crippen LogP contribution in [0.15, 0.2) is 39.9 Å². The van der Waals surface area contributed by atoms with E-state index in [2.05, 4.69) is 26.5 Å². The summed E-state index contributed by atoms with van der Waals surface area (Å²) in [5.74, 6) is 0.480. The molecule has 0 aliphatic rings. The van der Waals surface area contributed by atoms with E-state index in [1.54, 1.807) is 36.4 Å².